The van der Waals surface area contributed by atoms with Crippen molar-refractivity contribution in [3.63, 3.8) is 0 Å². The molecule has 0 aliphatic carbocycles. The van der Waals surface area contributed by atoms with E-state index in [1.54, 1.807) is 7.05 Å². The van der Waals surface area contributed by atoms with Crippen LogP contribution < -0.4 is 10.6 Å². The molecule has 2 aliphatic rings. The molecule has 6 heteroatoms. The Kier molecular flexibility index (Phi) is 5.37. The van der Waals surface area contributed by atoms with Gasteiger partial charge in [0, 0.05) is 33.2 Å². The summed E-state index contributed by atoms with van der Waals surface area (Å²) in [6, 6.07) is -0.0192. The van der Waals surface area contributed by atoms with Crippen molar-refractivity contribution in [1.29, 1.82) is 0 Å². The number of carbonyl (C=O) groups excluding carboxylic acids is 2. The highest BCUT2D eigenvalue weighted by molar-refractivity contribution is 5.82. The third-order valence-electron chi connectivity index (χ3n) is 4.37. The van der Waals surface area contributed by atoms with Crippen LogP contribution in [-0.2, 0) is 9.59 Å². The minimum atomic E-state index is -0.0192. The summed E-state index contributed by atoms with van der Waals surface area (Å²) in [4.78, 5) is 27.9. The van der Waals surface area contributed by atoms with Crippen LogP contribution in [-0.4, -0.2) is 74.0 Å². The van der Waals surface area contributed by atoms with Crippen LogP contribution in [0.2, 0.25) is 0 Å². The van der Waals surface area contributed by atoms with E-state index in [0.717, 1.165) is 45.6 Å². The molecule has 0 bridgehead atoms. The lowest BCUT2D eigenvalue weighted by molar-refractivity contribution is -0.137. The summed E-state index contributed by atoms with van der Waals surface area (Å²) in [7, 11) is 1.65. The van der Waals surface area contributed by atoms with Gasteiger partial charge >= 0.3 is 0 Å². The highest BCUT2D eigenvalue weighted by atomic mass is 16.2. The van der Waals surface area contributed by atoms with Crippen molar-refractivity contribution in [2.75, 3.05) is 46.3 Å². The predicted molar refractivity (Wildman–Crippen MR) is 77.3 cm³/mol. The Morgan fingerprint density at radius 3 is 2.55 bits per heavy atom. The van der Waals surface area contributed by atoms with E-state index in [2.05, 4.69) is 22.5 Å². The molecule has 114 valence electrons. The molecule has 0 aromatic heterocycles. The Morgan fingerprint density at radius 1 is 1.25 bits per heavy atom. The minimum absolute atomic E-state index is 0.0192. The van der Waals surface area contributed by atoms with Gasteiger partial charge in [0.2, 0.25) is 11.8 Å². The third kappa shape index (κ3) is 3.70. The number of carbonyl (C=O) groups is 2. The van der Waals surface area contributed by atoms with Crippen LogP contribution in [0.15, 0.2) is 0 Å². The van der Waals surface area contributed by atoms with E-state index in [9.17, 15) is 9.59 Å². The predicted octanol–water partition coefficient (Wildman–Crippen LogP) is -0.735. The first-order valence-electron chi connectivity index (χ1n) is 7.57. The number of nitrogens with one attached hydrogen (secondary N) is 2. The molecule has 0 saturated carbocycles. The van der Waals surface area contributed by atoms with E-state index in [0.29, 0.717) is 12.5 Å². The first-order chi connectivity index (χ1) is 9.61. The van der Waals surface area contributed by atoms with Gasteiger partial charge in [0.1, 0.15) is 0 Å². The maximum Gasteiger partial charge on any atom is 0.240 e. The van der Waals surface area contributed by atoms with Crippen LogP contribution in [0.5, 0.6) is 0 Å². The largest absolute Gasteiger partial charge is 0.358 e. The van der Waals surface area contributed by atoms with Crippen LogP contribution >= 0.6 is 0 Å². The molecule has 0 radical (unpaired) electrons. The van der Waals surface area contributed by atoms with Crippen LogP contribution in [0.3, 0.4) is 0 Å². The van der Waals surface area contributed by atoms with Crippen LogP contribution in [0.1, 0.15) is 19.8 Å². The van der Waals surface area contributed by atoms with Gasteiger partial charge in [-0.1, -0.05) is 6.92 Å². The van der Waals surface area contributed by atoms with Gasteiger partial charge in [0.05, 0.1) is 12.6 Å². The van der Waals surface area contributed by atoms with Crippen LogP contribution in [0.4, 0.5) is 0 Å². The zero-order valence-corrected chi connectivity index (χ0v) is 12.5. The zero-order valence-electron chi connectivity index (χ0n) is 12.5. The monoisotopic (exact) mass is 282 g/mol. The van der Waals surface area contributed by atoms with E-state index in [4.69, 9.17) is 0 Å². The van der Waals surface area contributed by atoms with Gasteiger partial charge in [-0.3, -0.25) is 14.5 Å². The number of piperazine rings is 1. The van der Waals surface area contributed by atoms with Crippen LogP contribution in [0.25, 0.3) is 0 Å². The van der Waals surface area contributed by atoms with Gasteiger partial charge in [-0.15, -0.1) is 0 Å². The molecule has 2 saturated heterocycles. The van der Waals surface area contributed by atoms with Crippen molar-refractivity contribution in [1.82, 2.24) is 20.4 Å². The van der Waals surface area contributed by atoms with Crippen molar-refractivity contribution < 1.29 is 9.59 Å². The van der Waals surface area contributed by atoms with E-state index in [1.165, 1.54) is 0 Å². The van der Waals surface area contributed by atoms with Crippen molar-refractivity contribution in [2.24, 2.45) is 5.92 Å². The van der Waals surface area contributed by atoms with Crippen molar-refractivity contribution in [2.45, 2.75) is 25.8 Å². The van der Waals surface area contributed by atoms with Crippen LogP contribution in [0, 0.1) is 5.92 Å². The van der Waals surface area contributed by atoms with Gasteiger partial charge in [-0.2, -0.15) is 0 Å². The molecule has 0 spiro atoms. The van der Waals surface area contributed by atoms with E-state index >= 15 is 0 Å². The topological polar surface area (TPSA) is 64.7 Å². The van der Waals surface area contributed by atoms with Gasteiger partial charge in [0.15, 0.2) is 0 Å². The van der Waals surface area contributed by atoms with E-state index < -0.39 is 0 Å². The second-order valence-electron chi connectivity index (χ2n) is 5.83. The standard InChI is InChI=1S/C14H26N4O2/c1-11-4-3-5-16-13(11)14(20)18-8-6-17(7-9-18)10-12(19)15-2/h11,13,16H,3-10H2,1-2H3,(H,15,19). The van der Waals surface area contributed by atoms with Crippen molar-refractivity contribution in [3.8, 4) is 0 Å². The Hall–Kier alpha value is -1.14. The number of likely N-dealkylation sites (N-methyl/N-ethyl adjacent to an activating group) is 1. The van der Waals surface area contributed by atoms with Crippen molar-refractivity contribution in [3.05, 3.63) is 0 Å². The molecule has 2 amide bonds. The molecule has 2 fully saturated rings. The number of amides is 2. The molecular formula is C14H26N4O2. The van der Waals surface area contributed by atoms with E-state index in [1.807, 2.05) is 4.90 Å². The molecule has 6 nitrogen and oxygen atoms in total. The Bertz CT molecular complexity index is 353. The number of hydrogen-bond acceptors (Lipinski definition) is 4. The molecule has 2 unspecified atom stereocenters. The molecule has 2 rings (SSSR count). The average molecular weight is 282 g/mol. The third-order valence-corrected chi connectivity index (χ3v) is 4.37. The fourth-order valence-electron chi connectivity index (χ4n) is 2.99. The summed E-state index contributed by atoms with van der Waals surface area (Å²) < 4.78 is 0. The summed E-state index contributed by atoms with van der Waals surface area (Å²) in [6.45, 7) is 6.52. The summed E-state index contributed by atoms with van der Waals surface area (Å²) in [5.74, 6) is 0.685. The number of nitrogens with zero attached hydrogens (tertiary/aromatic N) is 2. The summed E-state index contributed by atoms with van der Waals surface area (Å²) in [5.41, 5.74) is 0. The molecule has 2 N–H and O–H groups in total. The quantitative estimate of drug-likeness (QED) is 0.716. The first-order valence-corrected chi connectivity index (χ1v) is 7.57. The smallest absolute Gasteiger partial charge is 0.240 e. The van der Waals surface area contributed by atoms with Gasteiger partial charge in [0.25, 0.3) is 0 Å². The minimum Gasteiger partial charge on any atom is -0.358 e. The number of rotatable bonds is 3. The first kappa shape index (κ1) is 15.3. The molecular weight excluding hydrogens is 256 g/mol. The molecule has 0 aromatic rings. The normalized spacial score (nSPS) is 28.2. The second kappa shape index (κ2) is 7.04. The van der Waals surface area contributed by atoms with Gasteiger partial charge < -0.3 is 15.5 Å². The maximum atomic E-state index is 12.5. The molecule has 2 atom stereocenters. The number of hydrogen-bond donors (Lipinski definition) is 2. The Balaban J connectivity index is 1.80. The fourth-order valence-corrected chi connectivity index (χ4v) is 2.99. The lowest BCUT2D eigenvalue weighted by Gasteiger charge is -2.38. The van der Waals surface area contributed by atoms with E-state index in [-0.39, 0.29) is 17.9 Å². The fraction of sp³-hybridized carbons (Fsp3) is 0.857. The lowest BCUT2D eigenvalue weighted by atomic mass is 9.91. The maximum absolute atomic E-state index is 12.5. The van der Waals surface area contributed by atoms with Crippen molar-refractivity contribution >= 4 is 11.8 Å². The van der Waals surface area contributed by atoms with Gasteiger partial charge in [-0.25, -0.2) is 0 Å². The van der Waals surface area contributed by atoms with Gasteiger partial charge in [-0.05, 0) is 25.3 Å². The summed E-state index contributed by atoms with van der Waals surface area (Å²) in [6.07, 6.45) is 2.28. The lowest BCUT2D eigenvalue weighted by Crippen LogP contribution is -2.57. The zero-order chi connectivity index (χ0) is 14.5. The highest BCUT2D eigenvalue weighted by Crippen LogP contribution is 2.18. The Labute approximate surface area is 120 Å². The molecule has 0 aromatic carbocycles. The molecule has 20 heavy (non-hydrogen) atoms. The molecule has 2 aliphatic heterocycles. The molecule has 2 heterocycles. The summed E-state index contributed by atoms with van der Waals surface area (Å²) >= 11 is 0. The average Bonchev–Trinajstić information content (AvgIpc) is 2.47. The summed E-state index contributed by atoms with van der Waals surface area (Å²) in [5, 5.41) is 5.98. The second-order valence-corrected chi connectivity index (χ2v) is 5.83. The highest BCUT2D eigenvalue weighted by Gasteiger charge is 2.32. The SMILES string of the molecule is CNC(=O)CN1CCN(C(=O)C2NCCCC2C)CC1. The number of piperidine rings is 1. The Morgan fingerprint density at radius 2 is 1.95 bits per heavy atom.